The fraction of sp³-hybridized carbons (Fsp3) is 0.529. The molecule has 1 aromatic carbocycles. The summed E-state index contributed by atoms with van der Waals surface area (Å²) in [7, 11) is 1.90. The number of aromatic nitrogens is 3. The van der Waals surface area contributed by atoms with Crippen LogP contribution in [0.25, 0.3) is 0 Å². The fourth-order valence-corrected chi connectivity index (χ4v) is 3.03. The highest BCUT2D eigenvalue weighted by atomic mass is 16.3. The molecule has 0 spiro atoms. The molecule has 1 fully saturated rings. The van der Waals surface area contributed by atoms with E-state index < -0.39 is 0 Å². The first-order chi connectivity index (χ1) is 11.2. The van der Waals surface area contributed by atoms with Crippen LogP contribution in [0, 0.1) is 5.92 Å². The Morgan fingerprint density at radius 2 is 2.13 bits per heavy atom. The molecule has 0 bridgehead atoms. The van der Waals surface area contributed by atoms with Gasteiger partial charge in [-0.3, -0.25) is 9.58 Å². The van der Waals surface area contributed by atoms with Gasteiger partial charge in [-0.15, -0.1) is 5.10 Å². The highest BCUT2D eigenvalue weighted by molar-refractivity contribution is 5.45. The molecule has 1 aromatic heterocycles. The van der Waals surface area contributed by atoms with Crippen molar-refractivity contribution in [1.29, 1.82) is 0 Å². The van der Waals surface area contributed by atoms with E-state index >= 15 is 0 Å². The molecule has 2 heterocycles. The number of aliphatic hydroxyl groups excluding tert-OH is 1. The third kappa shape index (κ3) is 4.30. The van der Waals surface area contributed by atoms with Crippen molar-refractivity contribution in [3.05, 3.63) is 41.7 Å². The van der Waals surface area contributed by atoms with Crippen LogP contribution < -0.4 is 5.32 Å². The minimum Gasteiger partial charge on any atom is -0.396 e. The van der Waals surface area contributed by atoms with Crippen molar-refractivity contribution in [2.24, 2.45) is 13.0 Å². The molecule has 0 radical (unpaired) electrons. The van der Waals surface area contributed by atoms with E-state index in [0.717, 1.165) is 50.4 Å². The van der Waals surface area contributed by atoms with E-state index in [0.29, 0.717) is 12.5 Å². The molecular formula is C17H25N5O. The number of likely N-dealkylation sites (tertiary alicyclic amines) is 1. The number of piperidine rings is 1. The van der Waals surface area contributed by atoms with Gasteiger partial charge >= 0.3 is 0 Å². The lowest BCUT2D eigenvalue weighted by Gasteiger charge is -2.31. The van der Waals surface area contributed by atoms with Gasteiger partial charge in [-0.25, -0.2) is 0 Å². The van der Waals surface area contributed by atoms with Gasteiger partial charge in [-0.05, 0) is 49.5 Å². The van der Waals surface area contributed by atoms with Crippen LogP contribution in [0.1, 0.15) is 24.1 Å². The summed E-state index contributed by atoms with van der Waals surface area (Å²) in [6.45, 7) is 4.17. The quantitative estimate of drug-likeness (QED) is 0.848. The highest BCUT2D eigenvalue weighted by Crippen LogP contribution is 2.20. The highest BCUT2D eigenvalue weighted by Gasteiger charge is 2.18. The zero-order valence-corrected chi connectivity index (χ0v) is 13.6. The van der Waals surface area contributed by atoms with Crippen LogP contribution in [0.4, 0.5) is 5.69 Å². The molecule has 0 atom stereocenters. The Hall–Kier alpha value is -1.92. The van der Waals surface area contributed by atoms with Gasteiger partial charge in [-0.2, -0.15) is 0 Å². The van der Waals surface area contributed by atoms with Crippen molar-refractivity contribution < 1.29 is 5.11 Å². The Morgan fingerprint density at radius 3 is 2.83 bits per heavy atom. The topological polar surface area (TPSA) is 66.2 Å². The average molecular weight is 315 g/mol. The molecule has 1 saturated heterocycles. The van der Waals surface area contributed by atoms with Crippen LogP contribution in [0.15, 0.2) is 30.5 Å². The molecule has 0 unspecified atom stereocenters. The summed E-state index contributed by atoms with van der Waals surface area (Å²) in [5, 5.41) is 20.5. The number of hydrogen-bond donors (Lipinski definition) is 2. The molecule has 0 aliphatic carbocycles. The summed E-state index contributed by atoms with van der Waals surface area (Å²) in [6, 6.07) is 8.57. The number of benzene rings is 1. The van der Waals surface area contributed by atoms with Crippen LogP contribution in [0.2, 0.25) is 0 Å². The van der Waals surface area contributed by atoms with E-state index in [4.69, 9.17) is 0 Å². The Balaban J connectivity index is 1.54. The van der Waals surface area contributed by atoms with E-state index in [1.807, 2.05) is 7.05 Å². The number of rotatable bonds is 6. The van der Waals surface area contributed by atoms with Crippen molar-refractivity contribution in [1.82, 2.24) is 19.9 Å². The zero-order chi connectivity index (χ0) is 16.1. The van der Waals surface area contributed by atoms with Gasteiger partial charge in [0, 0.05) is 25.9 Å². The first-order valence-electron chi connectivity index (χ1n) is 8.24. The van der Waals surface area contributed by atoms with Gasteiger partial charge in [0.15, 0.2) is 0 Å². The second-order valence-corrected chi connectivity index (χ2v) is 6.30. The van der Waals surface area contributed by atoms with Crippen molar-refractivity contribution in [2.45, 2.75) is 25.9 Å². The van der Waals surface area contributed by atoms with Crippen molar-refractivity contribution >= 4 is 5.69 Å². The Kier molecular flexibility index (Phi) is 5.25. The molecule has 124 valence electrons. The lowest BCUT2D eigenvalue weighted by atomic mass is 9.97. The third-order valence-electron chi connectivity index (χ3n) is 4.58. The molecule has 6 heteroatoms. The molecule has 2 N–H and O–H groups in total. The lowest BCUT2D eigenvalue weighted by molar-refractivity contribution is 0.127. The van der Waals surface area contributed by atoms with Crippen LogP contribution >= 0.6 is 0 Å². The summed E-state index contributed by atoms with van der Waals surface area (Å²) in [4.78, 5) is 2.47. The molecule has 0 amide bonds. The van der Waals surface area contributed by atoms with E-state index in [1.54, 1.807) is 10.9 Å². The molecule has 6 nitrogen and oxygen atoms in total. The second kappa shape index (κ2) is 7.57. The Morgan fingerprint density at radius 1 is 1.30 bits per heavy atom. The Labute approximate surface area is 137 Å². The van der Waals surface area contributed by atoms with Crippen molar-refractivity contribution in [3.8, 4) is 0 Å². The first-order valence-corrected chi connectivity index (χ1v) is 8.24. The molecular weight excluding hydrogens is 290 g/mol. The summed E-state index contributed by atoms with van der Waals surface area (Å²) in [6.07, 6.45) is 3.98. The largest absolute Gasteiger partial charge is 0.396 e. The van der Waals surface area contributed by atoms with Crippen molar-refractivity contribution in [3.63, 3.8) is 0 Å². The van der Waals surface area contributed by atoms with E-state index in [9.17, 15) is 5.11 Å². The third-order valence-corrected chi connectivity index (χ3v) is 4.58. The van der Waals surface area contributed by atoms with E-state index in [1.165, 1.54) is 5.56 Å². The summed E-state index contributed by atoms with van der Waals surface area (Å²) in [5.41, 5.74) is 3.50. The smallest absolute Gasteiger partial charge is 0.0774 e. The van der Waals surface area contributed by atoms with Gasteiger partial charge in [-0.1, -0.05) is 17.3 Å². The predicted octanol–water partition coefficient (Wildman–Crippen LogP) is 1.63. The maximum absolute atomic E-state index is 9.22. The predicted molar refractivity (Wildman–Crippen MR) is 89.9 cm³/mol. The minimum absolute atomic E-state index is 0.329. The minimum atomic E-state index is 0.329. The summed E-state index contributed by atoms with van der Waals surface area (Å²) in [5.74, 6) is 0.492. The van der Waals surface area contributed by atoms with E-state index in [2.05, 4.69) is 44.8 Å². The van der Waals surface area contributed by atoms with Gasteiger partial charge in [0.25, 0.3) is 0 Å². The number of aliphatic hydroxyl groups is 1. The first kappa shape index (κ1) is 16.0. The Bertz CT molecular complexity index is 619. The monoisotopic (exact) mass is 315 g/mol. The van der Waals surface area contributed by atoms with E-state index in [-0.39, 0.29) is 0 Å². The zero-order valence-electron chi connectivity index (χ0n) is 13.6. The maximum atomic E-state index is 9.22. The van der Waals surface area contributed by atoms with Crippen LogP contribution in [-0.2, 0) is 20.1 Å². The number of hydrogen-bond acceptors (Lipinski definition) is 5. The van der Waals surface area contributed by atoms with Crippen molar-refractivity contribution in [2.75, 3.05) is 25.0 Å². The number of nitrogens with one attached hydrogen (secondary N) is 1. The van der Waals surface area contributed by atoms with Gasteiger partial charge in [0.1, 0.15) is 0 Å². The van der Waals surface area contributed by atoms with Crippen LogP contribution in [0.5, 0.6) is 0 Å². The molecule has 0 saturated carbocycles. The summed E-state index contributed by atoms with van der Waals surface area (Å²) < 4.78 is 1.78. The fourth-order valence-electron chi connectivity index (χ4n) is 3.03. The second-order valence-electron chi connectivity index (χ2n) is 6.30. The molecule has 1 aliphatic heterocycles. The van der Waals surface area contributed by atoms with Gasteiger partial charge < -0.3 is 10.4 Å². The number of aryl methyl sites for hydroxylation is 1. The number of nitrogens with zero attached hydrogens (tertiary/aromatic N) is 4. The molecule has 23 heavy (non-hydrogen) atoms. The van der Waals surface area contributed by atoms with Crippen LogP contribution in [0.3, 0.4) is 0 Å². The SMILES string of the molecule is Cn1nncc1CNc1cccc(CN2CCC(CO)CC2)c1. The number of anilines is 1. The average Bonchev–Trinajstić information content (AvgIpc) is 2.99. The molecule has 2 aromatic rings. The maximum Gasteiger partial charge on any atom is 0.0774 e. The normalized spacial score (nSPS) is 16.6. The standard InChI is InChI=1S/C17H25N5O/c1-21-17(11-19-20-21)10-18-16-4-2-3-15(9-16)12-22-7-5-14(13-23)6-8-22/h2-4,9,11,14,18,23H,5-8,10,12-13H2,1H3. The molecule has 3 rings (SSSR count). The summed E-state index contributed by atoms with van der Waals surface area (Å²) >= 11 is 0. The van der Waals surface area contributed by atoms with Crippen LogP contribution in [-0.4, -0.2) is 44.7 Å². The van der Waals surface area contributed by atoms with Gasteiger partial charge in [0.2, 0.25) is 0 Å². The van der Waals surface area contributed by atoms with Gasteiger partial charge in [0.05, 0.1) is 18.4 Å². The molecule has 1 aliphatic rings. The lowest BCUT2D eigenvalue weighted by Crippen LogP contribution is -2.34.